The quantitative estimate of drug-likeness (QED) is 0.728. The van der Waals surface area contributed by atoms with Gasteiger partial charge in [-0.1, -0.05) is 27.2 Å². The second kappa shape index (κ2) is 5.05. The van der Waals surface area contributed by atoms with Crippen molar-refractivity contribution in [2.45, 2.75) is 6.92 Å². The van der Waals surface area contributed by atoms with Crippen LogP contribution in [0.1, 0.15) is 5.69 Å². The van der Waals surface area contributed by atoms with E-state index in [4.69, 9.17) is 10.3 Å². The predicted molar refractivity (Wildman–Crippen MR) is 79.8 cm³/mol. The topological polar surface area (TPSA) is 77.8 Å². The molecule has 0 atom stereocenters. The summed E-state index contributed by atoms with van der Waals surface area (Å²) in [6.45, 7) is 1.91. The van der Waals surface area contributed by atoms with Gasteiger partial charge in [-0.05, 0) is 37.3 Å². The average molecular weight is 331 g/mol. The van der Waals surface area contributed by atoms with Gasteiger partial charge in [0.25, 0.3) is 5.89 Å². The highest BCUT2D eigenvalue weighted by Crippen LogP contribution is 2.28. The van der Waals surface area contributed by atoms with E-state index in [0.29, 0.717) is 28.7 Å². The molecule has 100 valence electrons. The van der Waals surface area contributed by atoms with Gasteiger partial charge in [0, 0.05) is 15.9 Å². The number of rotatable bonds is 2. The van der Waals surface area contributed by atoms with Crippen molar-refractivity contribution in [2.24, 2.45) is 0 Å². The number of nitrogens with zero attached hydrogens (tertiary/aromatic N) is 3. The highest BCUT2D eigenvalue weighted by molar-refractivity contribution is 9.10. The Balaban J connectivity index is 2.02. The lowest BCUT2D eigenvalue weighted by atomic mass is 10.2. The van der Waals surface area contributed by atoms with Crippen LogP contribution in [-0.4, -0.2) is 15.1 Å². The van der Waals surface area contributed by atoms with Crippen molar-refractivity contribution in [1.29, 1.82) is 0 Å². The average Bonchev–Trinajstić information content (AvgIpc) is 2.88. The second-order valence-corrected chi connectivity index (χ2v) is 5.23. The van der Waals surface area contributed by atoms with E-state index in [1.807, 2.05) is 37.3 Å². The molecule has 1 aromatic carbocycles. The number of hydrogen-bond acceptors (Lipinski definition) is 5. The highest BCUT2D eigenvalue weighted by Gasteiger charge is 2.14. The first-order valence-electron chi connectivity index (χ1n) is 5.96. The third-order valence-corrected chi connectivity index (χ3v) is 3.28. The van der Waals surface area contributed by atoms with Crippen molar-refractivity contribution in [3.63, 3.8) is 0 Å². The number of aromatic nitrogens is 3. The number of nitrogen functional groups attached to an aromatic ring is 1. The van der Waals surface area contributed by atoms with E-state index in [1.54, 1.807) is 6.07 Å². The summed E-state index contributed by atoms with van der Waals surface area (Å²) in [6, 6.07) is 11.2. The molecular weight excluding hydrogens is 320 g/mol. The lowest BCUT2D eigenvalue weighted by Gasteiger charge is -2.00. The van der Waals surface area contributed by atoms with E-state index < -0.39 is 0 Å². The second-order valence-electron chi connectivity index (χ2n) is 4.32. The highest BCUT2D eigenvalue weighted by atomic mass is 79.9. The fourth-order valence-corrected chi connectivity index (χ4v) is 2.21. The summed E-state index contributed by atoms with van der Waals surface area (Å²) in [5, 5.41) is 3.95. The van der Waals surface area contributed by atoms with Gasteiger partial charge in [0.2, 0.25) is 5.82 Å². The molecule has 0 aliphatic rings. The van der Waals surface area contributed by atoms with Crippen LogP contribution in [0.5, 0.6) is 0 Å². The fourth-order valence-electron chi connectivity index (χ4n) is 1.83. The largest absolute Gasteiger partial charge is 0.398 e. The van der Waals surface area contributed by atoms with E-state index in [2.05, 4.69) is 31.1 Å². The number of nitrogens with two attached hydrogens (primary N) is 1. The zero-order valence-electron chi connectivity index (χ0n) is 10.7. The Morgan fingerprint density at radius 1 is 1.15 bits per heavy atom. The predicted octanol–water partition coefficient (Wildman–Crippen LogP) is 3.45. The number of anilines is 1. The number of halogens is 1. The van der Waals surface area contributed by atoms with Crippen molar-refractivity contribution in [3.8, 4) is 23.0 Å². The zero-order valence-corrected chi connectivity index (χ0v) is 12.3. The summed E-state index contributed by atoms with van der Waals surface area (Å²) >= 11 is 3.36. The Morgan fingerprint density at radius 2 is 2.00 bits per heavy atom. The molecule has 0 spiro atoms. The van der Waals surface area contributed by atoms with Crippen LogP contribution in [0.15, 0.2) is 45.4 Å². The van der Waals surface area contributed by atoms with E-state index >= 15 is 0 Å². The van der Waals surface area contributed by atoms with E-state index in [9.17, 15) is 0 Å². The van der Waals surface area contributed by atoms with Crippen molar-refractivity contribution in [3.05, 3.63) is 46.6 Å². The van der Waals surface area contributed by atoms with Crippen LogP contribution in [-0.2, 0) is 0 Å². The fraction of sp³-hybridized carbons (Fsp3) is 0.0714. The van der Waals surface area contributed by atoms with Crippen LogP contribution in [0.2, 0.25) is 0 Å². The maximum Gasteiger partial charge on any atom is 0.260 e. The molecule has 0 bridgehead atoms. The van der Waals surface area contributed by atoms with E-state index in [0.717, 1.165) is 10.2 Å². The Labute approximate surface area is 124 Å². The van der Waals surface area contributed by atoms with Crippen molar-refractivity contribution < 1.29 is 4.52 Å². The molecule has 0 unspecified atom stereocenters. The van der Waals surface area contributed by atoms with Gasteiger partial charge in [-0.15, -0.1) is 0 Å². The minimum absolute atomic E-state index is 0.383. The van der Waals surface area contributed by atoms with Crippen LogP contribution in [0, 0.1) is 6.92 Å². The smallest absolute Gasteiger partial charge is 0.260 e. The number of hydrogen-bond donors (Lipinski definition) is 1. The summed E-state index contributed by atoms with van der Waals surface area (Å²) in [4.78, 5) is 8.71. The molecule has 0 saturated carbocycles. The molecule has 5 nitrogen and oxygen atoms in total. The first-order chi connectivity index (χ1) is 9.63. The maximum atomic E-state index is 5.95. The summed E-state index contributed by atoms with van der Waals surface area (Å²) in [6.07, 6.45) is 0. The van der Waals surface area contributed by atoms with Crippen molar-refractivity contribution in [1.82, 2.24) is 15.1 Å². The summed E-state index contributed by atoms with van der Waals surface area (Å²) < 4.78 is 6.17. The standard InChI is InChI=1S/C14H11BrN4O/c1-8-3-2-4-12(17-8)13-18-14(20-19-13)10-6-5-9(15)7-11(10)16/h2-7H,16H2,1H3. The summed E-state index contributed by atoms with van der Waals surface area (Å²) in [5.41, 5.74) is 8.81. The lowest BCUT2D eigenvalue weighted by molar-refractivity contribution is 0.432. The third kappa shape index (κ3) is 2.42. The molecule has 0 aliphatic heterocycles. The number of pyridine rings is 1. The normalized spacial score (nSPS) is 10.7. The SMILES string of the molecule is Cc1cccc(-c2noc(-c3ccc(Br)cc3N)n2)n1. The molecular formula is C14H11BrN4O. The maximum absolute atomic E-state index is 5.95. The minimum Gasteiger partial charge on any atom is -0.398 e. The molecule has 3 aromatic rings. The van der Waals surface area contributed by atoms with Crippen LogP contribution in [0.25, 0.3) is 23.0 Å². The van der Waals surface area contributed by atoms with Crippen LogP contribution in [0.3, 0.4) is 0 Å². The Bertz CT molecular complexity index is 769. The van der Waals surface area contributed by atoms with Gasteiger partial charge in [-0.2, -0.15) is 4.98 Å². The zero-order chi connectivity index (χ0) is 14.1. The Morgan fingerprint density at radius 3 is 2.75 bits per heavy atom. The molecule has 0 amide bonds. The third-order valence-electron chi connectivity index (χ3n) is 2.79. The Kier molecular flexibility index (Phi) is 3.23. The lowest BCUT2D eigenvalue weighted by Crippen LogP contribution is -1.91. The van der Waals surface area contributed by atoms with Gasteiger partial charge >= 0.3 is 0 Å². The monoisotopic (exact) mass is 330 g/mol. The van der Waals surface area contributed by atoms with Crippen molar-refractivity contribution >= 4 is 21.6 Å². The van der Waals surface area contributed by atoms with Gasteiger partial charge < -0.3 is 10.3 Å². The van der Waals surface area contributed by atoms with Gasteiger partial charge in [0.1, 0.15) is 5.69 Å². The van der Waals surface area contributed by atoms with Crippen LogP contribution in [0.4, 0.5) is 5.69 Å². The Hall–Kier alpha value is -2.21. The van der Waals surface area contributed by atoms with Gasteiger partial charge in [0.05, 0.1) is 5.56 Å². The molecule has 2 aromatic heterocycles. The van der Waals surface area contributed by atoms with E-state index in [1.165, 1.54) is 0 Å². The number of aryl methyl sites for hydroxylation is 1. The van der Waals surface area contributed by atoms with Gasteiger partial charge in [-0.25, -0.2) is 4.98 Å². The van der Waals surface area contributed by atoms with E-state index in [-0.39, 0.29) is 0 Å². The molecule has 2 N–H and O–H groups in total. The number of benzene rings is 1. The van der Waals surface area contributed by atoms with Crippen LogP contribution < -0.4 is 5.73 Å². The first-order valence-corrected chi connectivity index (χ1v) is 6.76. The molecule has 0 radical (unpaired) electrons. The molecule has 3 rings (SSSR count). The summed E-state index contributed by atoms with van der Waals surface area (Å²) in [7, 11) is 0. The minimum atomic E-state index is 0.383. The molecule has 0 fully saturated rings. The molecule has 6 heteroatoms. The van der Waals surface area contributed by atoms with Crippen LogP contribution >= 0.6 is 15.9 Å². The molecule has 0 aliphatic carbocycles. The van der Waals surface area contributed by atoms with Gasteiger partial charge in [-0.3, -0.25) is 0 Å². The molecule has 2 heterocycles. The molecule has 20 heavy (non-hydrogen) atoms. The molecule has 0 saturated heterocycles. The summed E-state index contributed by atoms with van der Waals surface area (Å²) in [5.74, 6) is 0.833. The van der Waals surface area contributed by atoms with Crippen molar-refractivity contribution in [2.75, 3.05) is 5.73 Å². The first kappa shape index (κ1) is 12.8. The van der Waals surface area contributed by atoms with Gasteiger partial charge in [0.15, 0.2) is 0 Å².